The van der Waals surface area contributed by atoms with Gasteiger partial charge in [-0.15, -0.1) is 0 Å². The van der Waals surface area contributed by atoms with Crippen LogP contribution in [-0.2, 0) is 14.8 Å². The number of benzene rings is 1. The molecule has 0 heterocycles. The standard InChI is InChI=1S/C8H9NO.CH2F3NO2S/c1-7(10)9-8-5-3-2-4-6-8;2-1(3,4)8(5,6)7/h2-6H,1H3,(H,9,10);(H2,5,6,7). The number of rotatable bonds is 1. The quantitative estimate of drug-likeness (QED) is 0.817. The van der Waals surface area contributed by atoms with Gasteiger partial charge in [0.05, 0.1) is 0 Å². The van der Waals surface area contributed by atoms with Crippen LogP contribution in [0.15, 0.2) is 30.3 Å². The number of carbonyl (C=O) groups is 1. The molecule has 18 heavy (non-hydrogen) atoms. The molecule has 1 rings (SSSR count). The van der Waals surface area contributed by atoms with E-state index in [0.29, 0.717) is 0 Å². The highest BCUT2D eigenvalue weighted by molar-refractivity contribution is 7.90. The highest BCUT2D eigenvalue weighted by Crippen LogP contribution is 2.18. The monoisotopic (exact) mass is 284 g/mol. The number of amides is 1. The van der Waals surface area contributed by atoms with Gasteiger partial charge in [-0.2, -0.15) is 13.2 Å². The van der Waals surface area contributed by atoms with Crippen molar-refractivity contribution >= 4 is 21.6 Å². The van der Waals surface area contributed by atoms with E-state index in [0.717, 1.165) is 5.69 Å². The van der Waals surface area contributed by atoms with Crippen LogP contribution >= 0.6 is 0 Å². The first-order valence-corrected chi connectivity index (χ1v) is 6.00. The summed E-state index contributed by atoms with van der Waals surface area (Å²) in [7, 11) is -5.34. The minimum Gasteiger partial charge on any atom is -0.326 e. The van der Waals surface area contributed by atoms with E-state index in [1.54, 1.807) is 0 Å². The van der Waals surface area contributed by atoms with Gasteiger partial charge >= 0.3 is 15.5 Å². The van der Waals surface area contributed by atoms with Crippen LogP contribution in [0.3, 0.4) is 0 Å². The van der Waals surface area contributed by atoms with E-state index < -0.39 is 15.5 Å². The molecule has 0 spiro atoms. The van der Waals surface area contributed by atoms with Crippen molar-refractivity contribution in [3.63, 3.8) is 0 Å². The van der Waals surface area contributed by atoms with Gasteiger partial charge in [-0.05, 0) is 12.1 Å². The van der Waals surface area contributed by atoms with Crippen LogP contribution < -0.4 is 10.5 Å². The predicted molar refractivity (Wildman–Crippen MR) is 59.9 cm³/mol. The van der Waals surface area contributed by atoms with Gasteiger partial charge in [0.25, 0.3) is 0 Å². The predicted octanol–water partition coefficient (Wildman–Crippen LogP) is 1.44. The average molecular weight is 284 g/mol. The second-order valence-electron chi connectivity index (χ2n) is 3.04. The number of nitrogens with one attached hydrogen (secondary N) is 1. The van der Waals surface area contributed by atoms with Crippen LogP contribution in [0.2, 0.25) is 0 Å². The molecule has 0 saturated carbocycles. The van der Waals surface area contributed by atoms with Crippen LogP contribution in [0.25, 0.3) is 0 Å². The molecule has 0 aromatic heterocycles. The van der Waals surface area contributed by atoms with Crippen LogP contribution in [0.4, 0.5) is 18.9 Å². The molecule has 5 nitrogen and oxygen atoms in total. The Morgan fingerprint density at radius 3 is 1.89 bits per heavy atom. The van der Waals surface area contributed by atoms with Gasteiger partial charge in [-0.25, -0.2) is 13.6 Å². The summed E-state index contributed by atoms with van der Waals surface area (Å²) in [5.41, 5.74) is -4.47. The molecule has 0 atom stereocenters. The fourth-order valence-electron chi connectivity index (χ4n) is 0.725. The lowest BCUT2D eigenvalue weighted by atomic mass is 10.3. The van der Waals surface area contributed by atoms with Crippen LogP contribution in [0, 0.1) is 0 Å². The van der Waals surface area contributed by atoms with Gasteiger partial charge in [0.15, 0.2) is 0 Å². The highest BCUT2D eigenvalue weighted by atomic mass is 32.2. The average Bonchev–Trinajstić information content (AvgIpc) is 2.15. The molecule has 3 N–H and O–H groups in total. The summed E-state index contributed by atoms with van der Waals surface area (Å²) in [5, 5.41) is 6.33. The van der Waals surface area contributed by atoms with Crippen molar-refractivity contribution in [3.05, 3.63) is 30.3 Å². The number of nitrogens with two attached hydrogens (primary N) is 1. The van der Waals surface area contributed by atoms with Crippen molar-refractivity contribution in [1.82, 2.24) is 0 Å². The van der Waals surface area contributed by atoms with E-state index in [4.69, 9.17) is 0 Å². The normalized spacial score (nSPS) is 11.2. The Morgan fingerprint density at radius 2 is 1.61 bits per heavy atom. The first-order valence-electron chi connectivity index (χ1n) is 4.45. The van der Waals surface area contributed by atoms with Crippen molar-refractivity contribution < 1.29 is 26.4 Å². The molecule has 0 aliphatic heterocycles. The molecule has 1 aromatic carbocycles. The lowest BCUT2D eigenvalue weighted by Crippen LogP contribution is -2.30. The molecule has 0 bridgehead atoms. The summed E-state index contributed by atoms with van der Waals surface area (Å²) in [4.78, 5) is 10.5. The van der Waals surface area contributed by atoms with Gasteiger partial charge in [-0.3, -0.25) is 4.79 Å². The molecular weight excluding hydrogens is 273 g/mol. The Kier molecular flexibility index (Phi) is 5.79. The first-order chi connectivity index (χ1) is 8.04. The Morgan fingerprint density at radius 1 is 1.22 bits per heavy atom. The van der Waals surface area contributed by atoms with E-state index in [1.165, 1.54) is 6.92 Å². The Hall–Kier alpha value is -1.61. The van der Waals surface area contributed by atoms with E-state index in [2.05, 4.69) is 10.5 Å². The van der Waals surface area contributed by atoms with Crippen LogP contribution in [-0.4, -0.2) is 19.8 Å². The van der Waals surface area contributed by atoms with Crippen LogP contribution in [0.5, 0.6) is 0 Å². The number of para-hydroxylation sites is 1. The fraction of sp³-hybridized carbons (Fsp3) is 0.222. The van der Waals surface area contributed by atoms with Gasteiger partial charge in [-0.1, -0.05) is 18.2 Å². The maximum Gasteiger partial charge on any atom is 0.511 e. The van der Waals surface area contributed by atoms with Crippen molar-refractivity contribution in [3.8, 4) is 0 Å². The van der Waals surface area contributed by atoms with Crippen molar-refractivity contribution in [2.45, 2.75) is 12.4 Å². The molecule has 0 aliphatic carbocycles. The minimum absolute atomic E-state index is 0.0359. The van der Waals surface area contributed by atoms with Gasteiger partial charge < -0.3 is 5.32 Å². The molecule has 0 fully saturated rings. The Balaban J connectivity index is 0.000000331. The highest BCUT2D eigenvalue weighted by Gasteiger charge is 2.42. The largest absolute Gasteiger partial charge is 0.511 e. The number of primary sulfonamides is 1. The molecule has 1 aromatic rings. The molecule has 0 radical (unpaired) electrons. The second-order valence-corrected chi connectivity index (χ2v) is 4.59. The molecular formula is C9H11F3N2O3S. The number of alkyl halides is 3. The number of hydrogen-bond acceptors (Lipinski definition) is 3. The molecule has 102 valence electrons. The van der Waals surface area contributed by atoms with E-state index in [9.17, 15) is 26.4 Å². The van der Waals surface area contributed by atoms with Crippen molar-refractivity contribution in [2.24, 2.45) is 5.14 Å². The summed E-state index contributed by atoms with van der Waals surface area (Å²) < 4.78 is 51.2. The SMILES string of the molecule is CC(=O)Nc1ccccc1.NS(=O)(=O)C(F)(F)F. The third-order valence-electron chi connectivity index (χ3n) is 1.42. The van der Waals surface area contributed by atoms with Gasteiger partial charge in [0.1, 0.15) is 0 Å². The minimum atomic E-state index is -5.34. The summed E-state index contributed by atoms with van der Waals surface area (Å²) in [6.45, 7) is 1.49. The first kappa shape index (κ1) is 16.4. The Bertz CT molecular complexity index is 486. The maximum absolute atomic E-state index is 10.8. The van der Waals surface area contributed by atoms with E-state index in [1.807, 2.05) is 30.3 Å². The number of sulfonamides is 1. The zero-order chi connectivity index (χ0) is 14.4. The van der Waals surface area contributed by atoms with Crippen LogP contribution in [0.1, 0.15) is 6.92 Å². The van der Waals surface area contributed by atoms with Gasteiger partial charge in [0.2, 0.25) is 5.91 Å². The lowest BCUT2D eigenvalue weighted by Gasteiger charge is -1.98. The summed E-state index contributed by atoms with van der Waals surface area (Å²) in [5.74, 6) is -0.0359. The van der Waals surface area contributed by atoms with Gasteiger partial charge in [0, 0.05) is 12.6 Å². The fourth-order valence-corrected chi connectivity index (χ4v) is 0.725. The topological polar surface area (TPSA) is 89.3 Å². The lowest BCUT2D eigenvalue weighted by molar-refractivity contribution is -0.114. The number of hydrogen-bond donors (Lipinski definition) is 2. The summed E-state index contributed by atoms with van der Waals surface area (Å²) >= 11 is 0. The van der Waals surface area contributed by atoms with E-state index in [-0.39, 0.29) is 5.91 Å². The third kappa shape index (κ3) is 6.86. The number of halogens is 3. The summed E-state index contributed by atoms with van der Waals surface area (Å²) in [6, 6.07) is 9.37. The second kappa shape index (κ2) is 6.36. The van der Waals surface area contributed by atoms with Crippen molar-refractivity contribution in [1.29, 1.82) is 0 Å². The number of anilines is 1. The van der Waals surface area contributed by atoms with Crippen molar-refractivity contribution in [2.75, 3.05) is 5.32 Å². The summed E-state index contributed by atoms with van der Waals surface area (Å²) in [6.07, 6.45) is 0. The zero-order valence-corrected chi connectivity index (χ0v) is 10.0. The number of carbonyl (C=O) groups excluding carboxylic acids is 1. The molecule has 0 aliphatic rings. The Labute approximate surface area is 102 Å². The molecule has 1 amide bonds. The smallest absolute Gasteiger partial charge is 0.326 e. The van der Waals surface area contributed by atoms with E-state index >= 15 is 0 Å². The third-order valence-corrected chi connectivity index (χ3v) is 2.06. The molecule has 0 unspecified atom stereocenters. The molecule has 0 saturated heterocycles. The maximum atomic E-state index is 10.8. The zero-order valence-electron chi connectivity index (χ0n) is 9.23. The molecule has 9 heteroatoms.